The SMILES string of the molecule is CSc1ccc(C(O)CNS(=O)(=O)c2c(C)nn(C)c2C)cc1. The third-order valence-corrected chi connectivity index (χ3v) is 6.10. The number of aromatic nitrogens is 2. The van der Waals surface area contributed by atoms with Crippen LogP contribution < -0.4 is 4.72 Å². The molecule has 0 fully saturated rings. The van der Waals surface area contributed by atoms with E-state index < -0.39 is 16.1 Å². The molecule has 1 atom stereocenters. The first-order chi connectivity index (χ1) is 10.8. The van der Waals surface area contributed by atoms with E-state index in [1.54, 1.807) is 44.8 Å². The number of thioether (sulfide) groups is 1. The van der Waals surface area contributed by atoms with Crippen LogP contribution in [0.2, 0.25) is 0 Å². The Hall–Kier alpha value is -1.35. The molecule has 0 saturated heterocycles. The van der Waals surface area contributed by atoms with Crippen molar-refractivity contribution in [2.45, 2.75) is 29.7 Å². The maximum absolute atomic E-state index is 12.4. The second kappa shape index (κ2) is 7.04. The predicted octanol–water partition coefficient (Wildman–Crippen LogP) is 1.77. The Morgan fingerprint density at radius 2 is 1.91 bits per heavy atom. The largest absolute Gasteiger partial charge is 0.387 e. The minimum atomic E-state index is -3.71. The Balaban J connectivity index is 2.12. The zero-order valence-electron chi connectivity index (χ0n) is 13.6. The summed E-state index contributed by atoms with van der Waals surface area (Å²) < 4.78 is 28.9. The number of sulfonamides is 1. The molecule has 0 bridgehead atoms. The van der Waals surface area contributed by atoms with Gasteiger partial charge in [0.1, 0.15) is 4.90 Å². The number of nitrogens with zero attached hydrogens (tertiary/aromatic N) is 2. The fourth-order valence-electron chi connectivity index (χ4n) is 2.35. The zero-order valence-corrected chi connectivity index (χ0v) is 15.2. The van der Waals surface area contributed by atoms with E-state index in [1.165, 1.54) is 4.68 Å². The molecule has 0 amide bonds. The lowest BCUT2D eigenvalue weighted by Gasteiger charge is -2.13. The van der Waals surface area contributed by atoms with Crippen molar-refractivity contribution >= 4 is 21.8 Å². The predicted molar refractivity (Wildman–Crippen MR) is 91.1 cm³/mol. The molecule has 1 aromatic carbocycles. The topological polar surface area (TPSA) is 84.2 Å². The molecule has 0 aliphatic rings. The first-order valence-electron chi connectivity index (χ1n) is 7.08. The number of aliphatic hydroxyl groups is 1. The van der Waals surface area contributed by atoms with Crippen LogP contribution in [0.15, 0.2) is 34.1 Å². The van der Waals surface area contributed by atoms with Gasteiger partial charge in [-0.15, -0.1) is 11.8 Å². The number of nitrogens with one attached hydrogen (secondary N) is 1. The average Bonchev–Trinajstić information content (AvgIpc) is 2.78. The summed E-state index contributed by atoms with van der Waals surface area (Å²) in [7, 11) is -2.02. The molecule has 6 nitrogen and oxygen atoms in total. The van der Waals surface area contributed by atoms with Gasteiger partial charge in [0.2, 0.25) is 10.0 Å². The highest BCUT2D eigenvalue weighted by atomic mass is 32.2. The van der Waals surface area contributed by atoms with Gasteiger partial charge in [0.05, 0.1) is 17.5 Å². The Labute approximate surface area is 141 Å². The minimum Gasteiger partial charge on any atom is -0.387 e. The lowest BCUT2D eigenvalue weighted by molar-refractivity contribution is 0.182. The van der Waals surface area contributed by atoms with Crippen molar-refractivity contribution in [3.8, 4) is 0 Å². The van der Waals surface area contributed by atoms with Crippen molar-refractivity contribution in [1.29, 1.82) is 0 Å². The van der Waals surface area contributed by atoms with Gasteiger partial charge in [-0.05, 0) is 37.8 Å². The Bertz CT molecular complexity index is 783. The third kappa shape index (κ3) is 3.95. The van der Waals surface area contributed by atoms with E-state index in [0.717, 1.165) is 4.90 Å². The normalized spacial score (nSPS) is 13.3. The van der Waals surface area contributed by atoms with Gasteiger partial charge in [-0.2, -0.15) is 5.10 Å². The van der Waals surface area contributed by atoms with Crippen LogP contribution in [0.5, 0.6) is 0 Å². The molecule has 2 N–H and O–H groups in total. The molecule has 0 radical (unpaired) electrons. The van der Waals surface area contributed by atoms with E-state index in [2.05, 4.69) is 9.82 Å². The number of hydrogen-bond acceptors (Lipinski definition) is 5. The first-order valence-corrected chi connectivity index (χ1v) is 9.79. The second-order valence-electron chi connectivity index (χ2n) is 5.26. The Kier molecular flexibility index (Phi) is 5.51. The quantitative estimate of drug-likeness (QED) is 0.772. The van der Waals surface area contributed by atoms with Crippen molar-refractivity contribution in [3.63, 3.8) is 0 Å². The number of aliphatic hydroxyl groups excluding tert-OH is 1. The highest BCUT2D eigenvalue weighted by Crippen LogP contribution is 2.21. The molecule has 0 saturated carbocycles. The van der Waals surface area contributed by atoms with Crippen molar-refractivity contribution in [2.75, 3.05) is 12.8 Å². The van der Waals surface area contributed by atoms with Crippen LogP contribution in [0.1, 0.15) is 23.1 Å². The highest BCUT2D eigenvalue weighted by Gasteiger charge is 2.24. The van der Waals surface area contributed by atoms with Crippen LogP contribution >= 0.6 is 11.8 Å². The molecule has 1 heterocycles. The summed E-state index contributed by atoms with van der Waals surface area (Å²) in [6.07, 6.45) is 1.07. The van der Waals surface area contributed by atoms with Gasteiger partial charge in [-0.1, -0.05) is 12.1 Å². The van der Waals surface area contributed by atoms with Crippen LogP contribution in [-0.4, -0.2) is 36.1 Å². The van der Waals surface area contributed by atoms with Crippen molar-refractivity contribution in [1.82, 2.24) is 14.5 Å². The van der Waals surface area contributed by atoms with E-state index in [0.29, 0.717) is 17.0 Å². The molecule has 0 aliphatic carbocycles. The van der Waals surface area contributed by atoms with Crippen LogP contribution in [0.4, 0.5) is 0 Å². The summed E-state index contributed by atoms with van der Waals surface area (Å²) in [4.78, 5) is 1.26. The summed E-state index contributed by atoms with van der Waals surface area (Å²) in [5.74, 6) is 0. The minimum absolute atomic E-state index is 0.0886. The van der Waals surface area contributed by atoms with Crippen molar-refractivity contribution < 1.29 is 13.5 Å². The summed E-state index contributed by atoms with van der Waals surface area (Å²) in [6.45, 7) is 3.26. The average molecular weight is 355 g/mol. The van der Waals surface area contributed by atoms with Crippen molar-refractivity contribution in [3.05, 3.63) is 41.2 Å². The van der Waals surface area contributed by atoms with Crippen molar-refractivity contribution in [2.24, 2.45) is 7.05 Å². The molecule has 23 heavy (non-hydrogen) atoms. The highest BCUT2D eigenvalue weighted by molar-refractivity contribution is 7.98. The fourth-order valence-corrected chi connectivity index (χ4v) is 4.23. The smallest absolute Gasteiger partial charge is 0.244 e. The zero-order chi connectivity index (χ0) is 17.2. The maximum atomic E-state index is 12.4. The summed E-state index contributed by atoms with van der Waals surface area (Å²) in [6, 6.07) is 7.39. The Morgan fingerprint density at radius 3 is 2.39 bits per heavy atom. The van der Waals surface area contributed by atoms with Gasteiger partial charge in [-0.3, -0.25) is 4.68 Å². The van der Waals surface area contributed by atoms with E-state index in [4.69, 9.17) is 0 Å². The molecule has 0 aliphatic heterocycles. The second-order valence-corrected chi connectivity index (χ2v) is 7.85. The molecule has 2 rings (SSSR count). The molecule has 1 aromatic heterocycles. The molecule has 8 heteroatoms. The number of hydrogen-bond donors (Lipinski definition) is 2. The number of aryl methyl sites for hydroxylation is 2. The summed E-state index contributed by atoms with van der Waals surface area (Å²) in [5.41, 5.74) is 1.68. The van der Waals surface area contributed by atoms with Gasteiger partial charge >= 0.3 is 0 Å². The maximum Gasteiger partial charge on any atom is 0.244 e. The molecule has 0 spiro atoms. The van der Waals surface area contributed by atoms with Crippen LogP contribution in [0.3, 0.4) is 0 Å². The molecule has 2 aromatic rings. The fraction of sp³-hybridized carbons (Fsp3) is 0.400. The lowest BCUT2D eigenvalue weighted by atomic mass is 10.1. The van der Waals surface area contributed by atoms with Gasteiger partial charge in [-0.25, -0.2) is 13.1 Å². The van der Waals surface area contributed by atoms with E-state index in [1.807, 2.05) is 18.4 Å². The Morgan fingerprint density at radius 1 is 1.30 bits per heavy atom. The van der Waals surface area contributed by atoms with Crippen LogP contribution in [-0.2, 0) is 17.1 Å². The first kappa shape index (κ1) is 18.0. The lowest BCUT2D eigenvalue weighted by Crippen LogP contribution is -2.29. The molecular formula is C15H21N3O3S2. The summed E-state index contributed by atoms with van der Waals surface area (Å²) in [5, 5.41) is 14.3. The van der Waals surface area contributed by atoms with Gasteiger partial charge in [0.15, 0.2) is 0 Å². The number of benzene rings is 1. The monoisotopic (exact) mass is 355 g/mol. The van der Waals surface area contributed by atoms with E-state index >= 15 is 0 Å². The van der Waals surface area contributed by atoms with Gasteiger partial charge in [0, 0.05) is 18.5 Å². The standard InChI is InChI=1S/C15H21N3O3S2/c1-10-15(11(2)18(3)17-10)23(20,21)16-9-14(19)12-5-7-13(22-4)8-6-12/h5-8,14,16,19H,9H2,1-4H3. The third-order valence-electron chi connectivity index (χ3n) is 3.68. The van der Waals surface area contributed by atoms with Crippen LogP contribution in [0, 0.1) is 13.8 Å². The van der Waals surface area contributed by atoms with Gasteiger partial charge in [0.25, 0.3) is 0 Å². The van der Waals surface area contributed by atoms with Crippen LogP contribution in [0.25, 0.3) is 0 Å². The summed E-state index contributed by atoms with van der Waals surface area (Å²) >= 11 is 1.61. The molecule has 126 valence electrons. The molecular weight excluding hydrogens is 334 g/mol. The molecule has 1 unspecified atom stereocenters. The number of rotatable bonds is 6. The van der Waals surface area contributed by atoms with Gasteiger partial charge < -0.3 is 5.11 Å². The van der Waals surface area contributed by atoms with E-state index in [9.17, 15) is 13.5 Å². The van der Waals surface area contributed by atoms with E-state index in [-0.39, 0.29) is 11.4 Å².